The number of fused-ring (bicyclic) bond motifs is 1. The summed E-state index contributed by atoms with van der Waals surface area (Å²) in [5.74, 6) is 1.10. The van der Waals surface area contributed by atoms with Crippen molar-refractivity contribution < 1.29 is 15.3 Å². The Morgan fingerprint density at radius 2 is 1.98 bits per heavy atom. The zero-order valence-corrected chi connectivity index (χ0v) is 26.0. The van der Waals surface area contributed by atoms with E-state index in [1.54, 1.807) is 0 Å². The summed E-state index contributed by atoms with van der Waals surface area (Å²) in [5.41, 5.74) is 3.31. The standard InChI is InChI=1S/C35H51NO3S/c1-6-7-10-27-22-36-32(40-27)35(18-19-35)31(39)15-17-33(3,4)30-14-13-28-24(9-8-16-34(28,30)5)11-12-25-20-26(37)21-29(38)23(25)2/h11-12,15,17,22,26,28-31,37-39H,2,6-10,13-14,16,18-21H2,1,3-5H3/b17-15+,24-11+,25-12-/t26-,28+,29+,30-,31-,34+/m1/s1. The average Bonchev–Trinajstić information content (AvgIpc) is 3.43. The molecule has 1 aromatic rings. The Morgan fingerprint density at radius 1 is 1.20 bits per heavy atom. The Balaban J connectivity index is 1.30. The van der Waals surface area contributed by atoms with Gasteiger partial charge in [0.1, 0.15) is 5.01 Å². The molecule has 3 N–H and O–H groups in total. The molecule has 0 radical (unpaired) electrons. The predicted molar refractivity (Wildman–Crippen MR) is 165 cm³/mol. The summed E-state index contributed by atoms with van der Waals surface area (Å²) in [4.78, 5) is 6.11. The molecule has 0 amide bonds. The first kappa shape index (κ1) is 29.9. The van der Waals surface area contributed by atoms with E-state index in [0.717, 1.165) is 41.8 Å². The van der Waals surface area contributed by atoms with Gasteiger partial charge in [-0.05, 0) is 98.0 Å². The lowest BCUT2D eigenvalue weighted by atomic mass is 9.57. The number of rotatable bonds is 9. The van der Waals surface area contributed by atoms with Crippen molar-refractivity contribution in [3.05, 3.63) is 63.7 Å². The van der Waals surface area contributed by atoms with Gasteiger partial charge < -0.3 is 15.3 Å². The summed E-state index contributed by atoms with van der Waals surface area (Å²) in [6, 6.07) is 0. The first-order chi connectivity index (χ1) is 19.0. The van der Waals surface area contributed by atoms with E-state index in [9.17, 15) is 15.3 Å². The third kappa shape index (κ3) is 5.73. The van der Waals surface area contributed by atoms with Crippen LogP contribution < -0.4 is 0 Å². The maximum Gasteiger partial charge on any atom is 0.102 e. The van der Waals surface area contributed by atoms with E-state index in [-0.39, 0.29) is 16.2 Å². The Bertz CT molecular complexity index is 1170. The van der Waals surface area contributed by atoms with Crippen molar-refractivity contribution in [3.8, 4) is 0 Å². The number of aliphatic hydroxyl groups excluding tert-OH is 3. The maximum absolute atomic E-state index is 11.4. The van der Waals surface area contributed by atoms with Crippen LogP contribution in [-0.4, -0.2) is 38.6 Å². The van der Waals surface area contributed by atoms with Gasteiger partial charge in [0.15, 0.2) is 0 Å². The van der Waals surface area contributed by atoms with Crippen LogP contribution in [0.1, 0.15) is 108 Å². The van der Waals surface area contributed by atoms with Gasteiger partial charge in [-0.3, -0.25) is 0 Å². The van der Waals surface area contributed by atoms with Crippen molar-refractivity contribution in [2.75, 3.05) is 0 Å². The highest BCUT2D eigenvalue weighted by atomic mass is 32.1. The minimum Gasteiger partial charge on any atom is -0.393 e. The van der Waals surface area contributed by atoms with Crippen LogP contribution in [0.15, 0.2) is 53.8 Å². The number of aliphatic hydroxyl groups is 3. The highest BCUT2D eigenvalue weighted by Gasteiger charge is 2.54. The van der Waals surface area contributed by atoms with Gasteiger partial charge in [-0.1, -0.05) is 70.6 Å². The summed E-state index contributed by atoms with van der Waals surface area (Å²) in [6.45, 7) is 13.6. The molecule has 4 fully saturated rings. The number of hydrogen-bond donors (Lipinski definition) is 3. The summed E-state index contributed by atoms with van der Waals surface area (Å²) < 4.78 is 0. The largest absolute Gasteiger partial charge is 0.393 e. The summed E-state index contributed by atoms with van der Waals surface area (Å²) in [5, 5.41) is 33.0. The van der Waals surface area contributed by atoms with Crippen LogP contribution in [0.5, 0.6) is 0 Å². The number of allylic oxidation sites excluding steroid dienone is 4. The van der Waals surface area contributed by atoms with E-state index < -0.39 is 18.3 Å². The lowest BCUT2D eigenvalue weighted by Crippen LogP contribution is -2.39. The predicted octanol–water partition coefficient (Wildman–Crippen LogP) is 7.60. The van der Waals surface area contributed by atoms with E-state index in [0.29, 0.717) is 24.7 Å². The zero-order valence-electron chi connectivity index (χ0n) is 25.2. The molecular formula is C35H51NO3S. The Hall–Kier alpha value is -1.53. The second kappa shape index (κ2) is 11.6. The zero-order chi connectivity index (χ0) is 28.7. The molecular weight excluding hydrogens is 514 g/mol. The van der Waals surface area contributed by atoms with Crippen molar-refractivity contribution in [3.63, 3.8) is 0 Å². The first-order valence-electron chi connectivity index (χ1n) is 15.8. The van der Waals surface area contributed by atoms with E-state index in [1.807, 2.05) is 17.5 Å². The maximum atomic E-state index is 11.4. The van der Waals surface area contributed by atoms with Gasteiger partial charge in [-0.25, -0.2) is 4.98 Å². The molecule has 1 heterocycles. The van der Waals surface area contributed by atoms with E-state index in [2.05, 4.69) is 58.6 Å². The normalized spacial score (nSPS) is 35.0. The molecule has 0 bridgehead atoms. The number of thiazole rings is 1. The fourth-order valence-corrected chi connectivity index (χ4v) is 9.58. The van der Waals surface area contributed by atoms with Gasteiger partial charge in [0, 0.05) is 17.5 Å². The van der Waals surface area contributed by atoms with Crippen LogP contribution in [0.4, 0.5) is 0 Å². The van der Waals surface area contributed by atoms with Crippen LogP contribution in [0.2, 0.25) is 0 Å². The van der Waals surface area contributed by atoms with Crippen LogP contribution in [0.3, 0.4) is 0 Å². The molecule has 220 valence electrons. The van der Waals surface area contributed by atoms with E-state index in [4.69, 9.17) is 4.98 Å². The number of unbranched alkanes of at least 4 members (excludes halogenated alkanes) is 1. The summed E-state index contributed by atoms with van der Waals surface area (Å²) in [6.07, 6.45) is 21.7. The number of nitrogens with zero attached hydrogens (tertiary/aromatic N) is 1. The average molecular weight is 566 g/mol. The Labute approximate surface area is 246 Å². The SMILES string of the molecule is C=C1/C(=C\C=C2/CCC[C@]3(C)[C@@H](C(C)(C)/C=C/[C@@H](O)C4(c5ncc(CCCC)s5)CC4)CC[C@@H]23)C[C@@H](O)C[C@@H]1O. The van der Waals surface area contributed by atoms with Gasteiger partial charge in [0.25, 0.3) is 0 Å². The first-order valence-corrected chi connectivity index (χ1v) is 16.6. The van der Waals surface area contributed by atoms with Crippen LogP contribution in [-0.2, 0) is 11.8 Å². The molecule has 4 saturated carbocycles. The Kier molecular flexibility index (Phi) is 8.70. The number of aryl methyl sites for hydroxylation is 1. The highest BCUT2D eigenvalue weighted by molar-refractivity contribution is 7.11. The van der Waals surface area contributed by atoms with Gasteiger partial charge in [-0.2, -0.15) is 0 Å². The second-order valence-corrected chi connectivity index (χ2v) is 15.2. The van der Waals surface area contributed by atoms with Gasteiger partial charge in [0.2, 0.25) is 0 Å². The lowest BCUT2D eigenvalue weighted by molar-refractivity contribution is 0.0706. The van der Waals surface area contributed by atoms with Gasteiger partial charge in [-0.15, -0.1) is 11.3 Å². The lowest BCUT2D eigenvalue weighted by Gasteiger charge is -2.47. The van der Waals surface area contributed by atoms with Crippen molar-refractivity contribution in [1.29, 1.82) is 0 Å². The molecule has 0 aromatic carbocycles. The molecule has 4 nitrogen and oxygen atoms in total. The van der Waals surface area contributed by atoms with Crippen LogP contribution in [0, 0.1) is 22.7 Å². The van der Waals surface area contributed by atoms with Crippen LogP contribution >= 0.6 is 11.3 Å². The third-order valence-electron chi connectivity index (χ3n) is 10.9. The molecule has 4 aliphatic carbocycles. The number of aromatic nitrogens is 1. The summed E-state index contributed by atoms with van der Waals surface area (Å²) >= 11 is 1.81. The molecule has 1 aromatic heterocycles. The second-order valence-electron chi connectivity index (χ2n) is 14.1. The minimum atomic E-state index is -0.641. The van der Waals surface area contributed by atoms with Gasteiger partial charge >= 0.3 is 0 Å². The fraction of sp³-hybridized carbons (Fsp3) is 0.686. The number of hydrogen-bond acceptors (Lipinski definition) is 5. The highest BCUT2D eigenvalue weighted by Crippen LogP contribution is 2.62. The quantitative estimate of drug-likeness (QED) is 0.270. The molecule has 0 aliphatic heterocycles. The fourth-order valence-electron chi connectivity index (χ4n) is 8.34. The molecule has 5 rings (SSSR count). The van der Waals surface area contributed by atoms with Crippen LogP contribution in [0.25, 0.3) is 0 Å². The van der Waals surface area contributed by atoms with Gasteiger partial charge in [0.05, 0.1) is 23.7 Å². The smallest absolute Gasteiger partial charge is 0.102 e. The van der Waals surface area contributed by atoms with Crippen molar-refractivity contribution in [1.82, 2.24) is 4.98 Å². The minimum absolute atomic E-state index is 0.0114. The van der Waals surface area contributed by atoms with Crippen molar-refractivity contribution in [2.24, 2.45) is 22.7 Å². The molecule has 40 heavy (non-hydrogen) atoms. The molecule has 5 heteroatoms. The molecule has 4 aliphatic rings. The van der Waals surface area contributed by atoms with Crippen molar-refractivity contribution >= 4 is 11.3 Å². The molecule has 6 atom stereocenters. The van der Waals surface area contributed by atoms with E-state index in [1.165, 1.54) is 49.0 Å². The molecule has 0 spiro atoms. The van der Waals surface area contributed by atoms with Crippen molar-refractivity contribution in [2.45, 2.75) is 128 Å². The summed E-state index contributed by atoms with van der Waals surface area (Å²) in [7, 11) is 0. The topological polar surface area (TPSA) is 73.6 Å². The third-order valence-corrected chi connectivity index (χ3v) is 12.2. The molecule has 0 unspecified atom stereocenters. The van der Waals surface area contributed by atoms with E-state index >= 15 is 0 Å². The Morgan fingerprint density at radius 3 is 2.70 bits per heavy atom. The molecule has 0 saturated heterocycles. The monoisotopic (exact) mass is 565 g/mol.